The first kappa shape index (κ1) is 22.0. The Labute approximate surface area is 181 Å². The minimum Gasteiger partial charge on any atom is -0.376 e. The number of halogens is 3. The van der Waals surface area contributed by atoms with Crippen LogP contribution in [0.1, 0.15) is 49.2 Å². The van der Waals surface area contributed by atoms with E-state index in [1.165, 1.54) is 12.1 Å². The van der Waals surface area contributed by atoms with Crippen molar-refractivity contribution in [1.29, 1.82) is 0 Å². The molecule has 1 saturated heterocycles. The van der Waals surface area contributed by atoms with Crippen molar-refractivity contribution in [2.75, 3.05) is 13.2 Å². The van der Waals surface area contributed by atoms with E-state index in [0.29, 0.717) is 13.0 Å². The van der Waals surface area contributed by atoms with Crippen LogP contribution in [0.2, 0.25) is 0 Å². The van der Waals surface area contributed by atoms with Crippen molar-refractivity contribution in [3.05, 3.63) is 33.7 Å². The van der Waals surface area contributed by atoms with Gasteiger partial charge in [0, 0.05) is 18.7 Å². The summed E-state index contributed by atoms with van der Waals surface area (Å²) in [6, 6.07) is 2.90. The fourth-order valence-electron chi connectivity index (χ4n) is 4.65. The van der Waals surface area contributed by atoms with Gasteiger partial charge in [0.15, 0.2) is 5.78 Å². The summed E-state index contributed by atoms with van der Waals surface area (Å²) in [5.74, 6) is -3.14. The van der Waals surface area contributed by atoms with Crippen molar-refractivity contribution in [2.24, 2.45) is 5.41 Å². The van der Waals surface area contributed by atoms with Crippen molar-refractivity contribution < 1.29 is 32.3 Å². The van der Waals surface area contributed by atoms with Crippen molar-refractivity contribution in [3.8, 4) is 0 Å². The van der Waals surface area contributed by atoms with Gasteiger partial charge in [-0.3, -0.25) is 14.4 Å². The second-order valence-corrected chi connectivity index (χ2v) is 9.94. The molecule has 1 fully saturated rings. The molecule has 1 aromatic rings. The Morgan fingerprint density at radius 3 is 2.65 bits per heavy atom. The molecule has 3 aliphatic rings. The number of ketones is 1. The van der Waals surface area contributed by atoms with E-state index >= 15 is 0 Å². The summed E-state index contributed by atoms with van der Waals surface area (Å²) < 4.78 is 49.4. The van der Waals surface area contributed by atoms with Gasteiger partial charge in [-0.2, -0.15) is 13.2 Å². The number of carbonyl (C=O) groups is 3. The molecule has 10 heteroatoms. The number of rotatable bonds is 4. The molecule has 0 spiro atoms. The molecular formula is C21H23F3N2O4S. The summed E-state index contributed by atoms with van der Waals surface area (Å²) >= 11 is 0.957. The Morgan fingerprint density at radius 2 is 2.06 bits per heavy atom. The molecule has 31 heavy (non-hydrogen) atoms. The summed E-state index contributed by atoms with van der Waals surface area (Å²) in [5, 5.41) is 3.48. The lowest BCUT2D eigenvalue weighted by Crippen LogP contribution is -2.66. The lowest BCUT2D eigenvalue weighted by molar-refractivity contribution is -0.191. The summed E-state index contributed by atoms with van der Waals surface area (Å²) in [6.45, 7) is 3.96. The third-order valence-corrected chi connectivity index (χ3v) is 6.87. The van der Waals surface area contributed by atoms with Crippen LogP contribution in [0.4, 0.5) is 13.2 Å². The van der Waals surface area contributed by atoms with Gasteiger partial charge < -0.3 is 15.0 Å². The topological polar surface area (TPSA) is 75.7 Å². The number of ether oxygens (including phenoxy) is 1. The van der Waals surface area contributed by atoms with Gasteiger partial charge in [0.25, 0.3) is 11.8 Å². The highest BCUT2D eigenvalue weighted by Crippen LogP contribution is 2.52. The van der Waals surface area contributed by atoms with Crippen LogP contribution in [0.25, 0.3) is 0 Å². The van der Waals surface area contributed by atoms with Crippen LogP contribution in [-0.2, 0) is 14.3 Å². The number of nitrogens with one attached hydrogen (secondary N) is 1. The zero-order valence-electron chi connectivity index (χ0n) is 17.2. The number of thiophene rings is 1. The van der Waals surface area contributed by atoms with Gasteiger partial charge in [-0.05, 0) is 36.1 Å². The number of alkyl halides is 3. The van der Waals surface area contributed by atoms with Crippen LogP contribution in [0.3, 0.4) is 0 Å². The monoisotopic (exact) mass is 456 g/mol. The predicted molar refractivity (Wildman–Crippen MR) is 106 cm³/mol. The molecule has 3 heterocycles. The minimum absolute atomic E-state index is 0.0275. The number of carbonyl (C=O) groups excluding carboxylic acids is 3. The van der Waals surface area contributed by atoms with Crippen LogP contribution < -0.4 is 5.32 Å². The number of Topliss-reactive ketones (excluding diaryl/α,β-unsaturated/α-hetero) is 1. The van der Waals surface area contributed by atoms with Crippen LogP contribution in [0, 0.1) is 5.41 Å². The highest BCUT2D eigenvalue weighted by atomic mass is 32.1. The van der Waals surface area contributed by atoms with Crippen molar-refractivity contribution in [2.45, 2.75) is 57.3 Å². The third kappa shape index (κ3) is 3.59. The minimum atomic E-state index is -5.19. The van der Waals surface area contributed by atoms with Crippen LogP contribution in [-0.4, -0.2) is 53.5 Å². The van der Waals surface area contributed by atoms with E-state index in [4.69, 9.17) is 4.74 Å². The second-order valence-electron chi connectivity index (χ2n) is 8.99. The maximum atomic E-state index is 14.6. The molecule has 4 rings (SSSR count). The van der Waals surface area contributed by atoms with Gasteiger partial charge >= 0.3 is 6.18 Å². The Kier molecular flexibility index (Phi) is 5.28. The van der Waals surface area contributed by atoms with E-state index in [9.17, 15) is 27.6 Å². The fourth-order valence-corrected chi connectivity index (χ4v) is 5.27. The number of nitrogens with zero attached hydrogens (tertiary/aromatic N) is 1. The van der Waals surface area contributed by atoms with Gasteiger partial charge in [-0.15, -0.1) is 11.3 Å². The lowest BCUT2D eigenvalue weighted by atomic mass is 9.72. The van der Waals surface area contributed by atoms with Crippen molar-refractivity contribution in [1.82, 2.24) is 10.2 Å². The first-order chi connectivity index (χ1) is 14.5. The molecule has 6 nitrogen and oxygen atoms in total. The van der Waals surface area contributed by atoms with Gasteiger partial charge in [0.2, 0.25) is 5.54 Å². The molecule has 0 unspecified atom stereocenters. The second kappa shape index (κ2) is 7.44. The molecule has 0 aromatic carbocycles. The maximum Gasteiger partial charge on any atom is 0.425 e. The van der Waals surface area contributed by atoms with E-state index in [0.717, 1.165) is 22.7 Å². The molecule has 168 valence electrons. The van der Waals surface area contributed by atoms with Gasteiger partial charge in [-0.1, -0.05) is 19.9 Å². The van der Waals surface area contributed by atoms with E-state index < -0.39 is 46.4 Å². The first-order valence-corrected chi connectivity index (χ1v) is 11.0. The van der Waals surface area contributed by atoms with Crippen molar-refractivity contribution >= 4 is 28.9 Å². The number of hydrogen-bond donors (Lipinski definition) is 1. The summed E-state index contributed by atoms with van der Waals surface area (Å²) in [5.41, 5.74) is -4.60. The Balaban J connectivity index is 1.84. The van der Waals surface area contributed by atoms with E-state index in [1.807, 2.05) is 5.32 Å². The number of hydrogen-bond acceptors (Lipinski definition) is 5. The molecule has 1 N–H and O–H groups in total. The molecule has 0 saturated carbocycles. The summed E-state index contributed by atoms with van der Waals surface area (Å²) in [6.07, 6.45) is -4.25. The summed E-state index contributed by atoms with van der Waals surface area (Å²) in [7, 11) is 0. The van der Waals surface area contributed by atoms with E-state index in [-0.39, 0.29) is 30.0 Å². The average Bonchev–Trinajstić information content (AvgIpc) is 3.38. The quantitative estimate of drug-likeness (QED) is 0.753. The molecule has 1 aliphatic carbocycles. The number of amides is 2. The third-order valence-electron chi connectivity index (χ3n) is 6.00. The van der Waals surface area contributed by atoms with Crippen molar-refractivity contribution in [3.63, 3.8) is 0 Å². The van der Waals surface area contributed by atoms with Crippen LogP contribution in [0.5, 0.6) is 0 Å². The fraction of sp³-hybridized carbons (Fsp3) is 0.571. The van der Waals surface area contributed by atoms with Crippen LogP contribution >= 0.6 is 11.3 Å². The highest BCUT2D eigenvalue weighted by molar-refractivity contribution is 7.12. The zero-order valence-corrected chi connectivity index (χ0v) is 18.0. The molecule has 2 atom stereocenters. The van der Waals surface area contributed by atoms with Gasteiger partial charge in [0.05, 0.1) is 23.1 Å². The predicted octanol–water partition coefficient (Wildman–Crippen LogP) is 3.44. The molecule has 2 aliphatic heterocycles. The smallest absolute Gasteiger partial charge is 0.376 e. The molecule has 1 aromatic heterocycles. The van der Waals surface area contributed by atoms with Crippen LogP contribution in [0.15, 0.2) is 28.8 Å². The zero-order chi connectivity index (χ0) is 22.6. The average molecular weight is 456 g/mol. The first-order valence-electron chi connectivity index (χ1n) is 10.1. The Bertz CT molecular complexity index is 948. The SMILES string of the molecule is CC1(C)CC(=O)C2=C(C1)N(C[C@H]1CCCO1)C(=O)[C@@]2(NC(=O)c1cccs1)C(F)(F)F. The lowest BCUT2D eigenvalue weighted by Gasteiger charge is -2.35. The largest absolute Gasteiger partial charge is 0.425 e. The Hall–Kier alpha value is -2.20. The van der Waals surface area contributed by atoms with Gasteiger partial charge in [-0.25, -0.2) is 0 Å². The summed E-state index contributed by atoms with van der Waals surface area (Å²) in [4.78, 5) is 40.2. The maximum absolute atomic E-state index is 14.6. The molecule has 0 bridgehead atoms. The molecular weight excluding hydrogens is 433 g/mol. The highest BCUT2D eigenvalue weighted by Gasteiger charge is 2.71. The normalized spacial score (nSPS) is 28.3. The van der Waals surface area contributed by atoms with E-state index in [2.05, 4.69) is 0 Å². The molecule has 0 radical (unpaired) electrons. The standard InChI is InChI=1S/C21H23F3N2O4S/c1-19(2)9-13-16(14(27)10-19)20(21(22,23)24,25-17(28)15-6-4-8-31-15)18(29)26(13)11-12-5-3-7-30-12/h4,6,8,12H,3,5,7,9-11H2,1-2H3,(H,25,28)/t12-,20-/m1/s1. The van der Waals surface area contributed by atoms with Gasteiger partial charge in [0.1, 0.15) is 0 Å². The Morgan fingerprint density at radius 1 is 1.32 bits per heavy atom. The number of allylic oxidation sites excluding steroid dienone is 1. The molecule has 2 amide bonds. The van der Waals surface area contributed by atoms with E-state index in [1.54, 1.807) is 19.2 Å².